The third-order valence-corrected chi connectivity index (χ3v) is 25.7. The average Bonchev–Trinajstić information content (AvgIpc) is 0.670. The Hall–Kier alpha value is -3.95. The van der Waals surface area contributed by atoms with E-state index < -0.39 is 297 Å². The van der Waals surface area contributed by atoms with Crippen LogP contribution in [0.15, 0.2) is 11.6 Å². The smallest absolute Gasteiger partial charge is 0.315 e. The molecule has 0 aromatic rings. The SMILES string of the molecule is CC(=O)OCC1(O)COC(OC2C(O)C(OC3C(OC(=O)C45CCC(C)(C)CC4C4=CCC6C7(C)CC(O)C(OC8OC(CO)C(O)C(O)C8OC8OC(CO)C(O)C(O)C8O)C(C)(C(=O)O)C7CCC6(C)C4(CO)CC5)OC(C)C(OC(C)=O)C3OC(C)=O)OC(C)C2OC2OCC(O)C(O)C2O)C1O. The molecule has 0 aromatic carbocycles. The number of hydrogen-bond acceptors (Lipinski definition) is 35. The first-order valence-corrected chi connectivity index (χ1v) is 36.4. The molecule has 37 unspecified atom stereocenters. The summed E-state index contributed by atoms with van der Waals surface area (Å²) < 4.78 is 90.2. The van der Waals surface area contributed by atoms with Crippen molar-refractivity contribution in [3.63, 3.8) is 0 Å². The highest BCUT2D eigenvalue weighted by Gasteiger charge is 2.74. The van der Waals surface area contributed by atoms with Crippen molar-refractivity contribution in [2.24, 2.45) is 50.2 Å². The van der Waals surface area contributed by atoms with Crippen LogP contribution in [0.4, 0.5) is 0 Å². The van der Waals surface area contributed by atoms with Crippen molar-refractivity contribution in [1.82, 2.24) is 0 Å². The molecule has 37 atom stereocenters. The van der Waals surface area contributed by atoms with Crippen molar-refractivity contribution in [3.8, 4) is 0 Å². The van der Waals surface area contributed by atoms with Crippen LogP contribution in [0.3, 0.4) is 0 Å². The van der Waals surface area contributed by atoms with Gasteiger partial charge < -0.3 is 153 Å². The number of carboxylic acids is 1. The highest BCUT2D eigenvalue weighted by Crippen LogP contribution is 2.76. The Morgan fingerprint density at radius 2 is 1.10 bits per heavy atom. The summed E-state index contributed by atoms with van der Waals surface area (Å²) in [5.41, 5.74) is -8.47. The molecule has 604 valence electrons. The van der Waals surface area contributed by atoms with Gasteiger partial charge in [-0.15, -0.1) is 0 Å². The minimum absolute atomic E-state index is 0.0849. The Labute approximate surface area is 610 Å². The molecule has 16 N–H and O–H groups in total. The molecular formula is C70H108O36. The van der Waals surface area contributed by atoms with Crippen molar-refractivity contribution >= 4 is 29.8 Å². The number of carboxylic acid groups (broad SMARTS) is 1. The fourth-order valence-electron chi connectivity index (χ4n) is 19.9. The number of carbonyl (C=O) groups is 5. The van der Waals surface area contributed by atoms with Gasteiger partial charge in [0.1, 0.15) is 104 Å². The molecule has 6 aliphatic heterocycles. The molecule has 0 amide bonds. The first-order chi connectivity index (χ1) is 49.6. The Bertz CT molecular complexity index is 3180. The fraction of sp³-hybridized carbons (Fsp3) is 0.900. The van der Waals surface area contributed by atoms with Crippen LogP contribution in [0.2, 0.25) is 0 Å². The second kappa shape index (κ2) is 31.2. The highest BCUT2D eigenvalue weighted by atomic mass is 16.8. The third-order valence-electron chi connectivity index (χ3n) is 25.7. The van der Waals surface area contributed by atoms with Gasteiger partial charge in [0.15, 0.2) is 55.4 Å². The molecule has 0 radical (unpaired) electrons. The van der Waals surface area contributed by atoms with Crippen LogP contribution in [0, 0.1) is 50.2 Å². The van der Waals surface area contributed by atoms with Gasteiger partial charge in [-0.05, 0) is 113 Å². The fourth-order valence-corrected chi connectivity index (χ4v) is 19.9. The zero-order valence-electron chi connectivity index (χ0n) is 60.9. The number of ether oxygens (including phenoxy) is 15. The molecule has 0 spiro atoms. The number of aliphatic carboxylic acids is 1. The number of aliphatic hydroxyl groups excluding tert-OH is 14. The molecule has 6 heterocycles. The summed E-state index contributed by atoms with van der Waals surface area (Å²) in [4.78, 5) is 68.5. The largest absolute Gasteiger partial charge is 0.481 e. The zero-order chi connectivity index (χ0) is 77.8. The topological polar surface area (TPSA) is 547 Å². The van der Waals surface area contributed by atoms with Gasteiger partial charge in [0, 0.05) is 26.2 Å². The van der Waals surface area contributed by atoms with Crippen LogP contribution < -0.4 is 0 Å². The number of fused-ring (bicyclic) bond motifs is 7. The first kappa shape index (κ1) is 83.0. The number of rotatable bonds is 20. The number of allylic oxidation sites excluding steroid dienone is 1. The van der Waals surface area contributed by atoms with E-state index in [9.17, 15) is 101 Å². The van der Waals surface area contributed by atoms with Gasteiger partial charge in [-0.25, -0.2) is 0 Å². The van der Waals surface area contributed by atoms with Crippen LogP contribution in [0.1, 0.15) is 127 Å². The van der Waals surface area contributed by atoms with Crippen molar-refractivity contribution in [2.75, 3.05) is 39.6 Å². The van der Waals surface area contributed by atoms with Crippen molar-refractivity contribution in [1.29, 1.82) is 0 Å². The van der Waals surface area contributed by atoms with E-state index in [1.54, 1.807) is 0 Å². The van der Waals surface area contributed by atoms with Crippen LogP contribution in [0.5, 0.6) is 0 Å². The molecule has 5 aliphatic carbocycles. The molecular weight excluding hydrogens is 1420 g/mol. The zero-order valence-corrected chi connectivity index (χ0v) is 60.9. The van der Waals surface area contributed by atoms with E-state index in [1.807, 2.05) is 19.9 Å². The number of hydrogen-bond donors (Lipinski definition) is 16. The Kier molecular flexibility index (Phi) is 24.4. The Morgan fingerprint density at radius 3 is 1.74 bits per heavy atom. The molecule has 36 heteroatoms. The van der Waals surface area contributed by atoms with Gasteiger partial charge >= 0.3 is 29.8 Å². The van der Waals surface area contributed by atoms with Gasteiger partial charge in [0.2, 0.25) is 6.29 Å². The molecule has 4 saturated carbocycles. The Morgan fingerprint density at radius 1 is 0.528 bits per heavy atom. The van der Waals surface area contributed by atoms with Crippen LogP contribution >= 0.6 is 0 Å². The summed E-state index contributed by atoms with van der Waals surface area (Å²) in [6, 6.07) is 0. The minimum atomic E-state index is -2.26. The summed E-state index contributed by atoms with van der Waals surface area (Å²) in [6.07, 6.45) is -45.8. The normalized spacial score (nSPS) is 50.7. The molecule has 0 aromatic heterocycles. The number of carbonyl (C=O) groups excluding carboxylic acids is 4. The first-order valence-electron chi connectivity index (χ1n) is 36.4. The Balaban J connectivity index is 0.899. The van der Waals surface area contributed by atoms with E-state index >= 15 is 4.79 Å². The van der Waals surface area contributed by atoms with E-state index in [4.69, 9.17) is 71.1 Å². The van der Waals surface area contributed by atoms with Crippen LogP contribution in [-0.4, -0.2) is 329 Å². The van der Waals surface area contributed by atoms with Crippen molar-refractivity contribution in [3.05, 3.63) is 11.6 Å². The van der Waals surface area contributed by atoms with Crippen molar-refractivity contribution in [2.45, 2.75) is 305 Å². The number of esters is 4. The summed E-state index contributed by atoms with van der Waals surface area (Å²) in [7, 11) is 0. The molecule has 6 saturated heterocycles. The van der Waals surface area contributed by atoms with Gasteiger partial charge in [-0.3, -0.25) is 24.0 Å². The van der Waals surface area contributed by atoms with E-state index in [2.05, 4.69) is 13.8 Å². The van der Waals surface area contributed by atoms with E-state index in [-0.39, 0.29) is 44.9 Å². The maximum absolute atomic E-state index is 16.2. The standard InChI is InChI=1S/C70H108O36/c1-27-48(101-56-45(84)40(79)35(78)23-92-56)50(102-61-54(87)70(91,26-94-61)25-93-29(3)74)47(86)58(95-27)104-53-52(98-31(5)76)49(97-30(4)75)28(2)96-60(53)106-63(90)68-16-15-64(6,7)19-33(68)32-11-12-38-65(8)20-34(77)55(67(10,62(88)89)39(65)13-14-66(38,9)69(32,24-73)18-17-68)105-59-51(44(83)42(81)37(22-72)100-59)103-57-46(85)43(82)41(80)36(21-71)99-57/h11,27-28,33-61,71-73,77-87,91H,12-26H2,1-10H3,(H,88,89). The lowest BCUT2D eigenvalue weighted by molar-refractivity contribution is -0.384. The lowest BCUT2D eigenvalue weighted by Crippen LogP contribution is -2.71. The van der Waals surface area contributed by atoms with Gasteiger partial charge in [-0.1, -0.05) is 39.3 Å². The molecule has 11 aliphatic rings. The quantitative estimate of drug-likeness (QED) is 0.0237. The van der Waals surface area contributed by atoms with Gasteiger partial charge in [-0.2, -0.15) is 0 Å². The maximum atomic E-state index is 16.2. The molecule has 11 rings (SSSR count). The molecule has 106 heavy (non-hydrogen) atoms. The maximum Gasteiger partial charge on any atom is 0.315 e. The molecule has 10 fully saturated rings. The van der Waals surface area contributed by atoms with Crippen molar-refractivity contribution < 1.29 is 177 Å². The highest BCUT2D eigenvalue weighted by molar-refractivity contribution is 5.79. The summed E-state index contributed by atoms with van der Waals surface area (Å²) in [5.74, 6) is -6.81. The summed E-state index contributed by atoms with van der Waals surface area (Å²) in [6.45, 7) is 11.4. The summed E-state index contributed by atoms with van der Waals surface area (Å²) >= 11 is 0. The van der Waals surface area contributed by atoms with Gasteiger partial charge in [0.05, 0.1) is 62.2 Å². The van der Waals surface area contributed by atoms with E-state index in [0.29, 0.717) is 12.8 Å². The van der Waals surface area contributed by atoms with Gasteiger partial charge in [0.25, 0.3) is 0 Å². The second-order valence-electron chi connectivity index (χ2n) is 32.7. The average molecular weight is 1530 g/mol. The predicted molar refractivity (Wildman–Crippen MR) is 347 cm³/mol. The summed E-state index contributed by atoms with van der Waals surface area (Å²) in [5, 5.41) is 179. The molecule has 36 nitrogen and oxygen atoms in total. The monoisotopic (exact) mass is 1520 g/mol. The third kappa shape index (κ3) is 14.5. The van der Waals surface area contributed by atoms with Crippen LogP contribution in [-0.2, 0) is 95.0 Å². The van der Waals surface area contributed by atoms with Crippen LogP contribution in [0.25, 0.3) is 0 Å². The molecule has 0 bridgehead atoms. The lowest BCUT2D eigenvalue weighted by atomic mass is 9.33. The lowest BCUT2D eigenvalue weighted by Gasteiger charge is -2.71. The second-order valence-corrected chi connectivity index (χ2v) is 32.7. The van der Waals surface area contributed by atoms with E-state index in [0.717, 1.165) is 26.3 Å². The predicted octanol–water partition coefficient (Wildman–Crippen LogP) is -4.33. The van der Waals surface area contributed by atoms with E-state index in [1.165, 1.54) is 20.8 Å². The minimum Gasteiger partial charge on any atom is -0.481 e. The number of aliphatic hydroxyl groups is 15.